The standard InChI is InChI=1S/C15H24N2O2S/c1-4-11(5-2)17(9-10-19-3)15-16-14-12(18)7-6-8-13(14)20-15/h11H,4-10H2,1-3H3. The summed E-state index contributed by atoms with van der Waals surface area (Å²) in [6, 6.07) is 0.466. The maximum Gasteiger partial charge on any atom is 0.186 e. The first-order valence-electron chi connectivity index (χ1n) is 7.49. The van der Waals surface area contributed by atoms with Crippen LogP contribution in [0.2, 0.25) is 0 Å². The minimum atomic E-state index is 0.213. The first-order valence-corrected chi connectivity index (χ1v) is 8.31. The van der Waals surface area contributed by atoms with E-state index in [1.165, 1.54) is 4.88 Å². The molecule has 112 valence electrons. The van der Waals surface area contributed by atoms with Crippen molar-refractivity contribution in [2.24, 2.45) is 0 Å². The van der Waals surface area contributed by atoms with Crippen LogP contribution in [0, 0.1) is 0 Å². The van der Waals surface area contributed by atoms with Crippen molar-refractivity contribution in [1.82, 2.24) is 4.98 Å². The average Bonchev–Trinajstić information content (AvgIpc) is 2.88. The van der Waals surface area contributed by atoms with Crippen molar-refractivity contribution < 1.29 is 9.53 Å². The minimum Gasteiger partial charge on any atom is -0.383 e. The van der Waals surface area contributed by atoms with E-state index in [4.69, 9.17) is 4.74 Å². The number of ketones is 1. The molecule has 0 aromatic carbocycles. The summed E-state index contributed by atoms with van der Waals surface area (Å²) in [5, 5.41) is 0.996. The zero-order valence-corrected chi connectivity index (χ0v) is 13.5. The topological polar surface area (TPSA) is 42.4 Å². The number of fused-ring (bicyclic) bond motifs is 1. The second kappa shape index (κ2) is 7.18. The molecule has 1 aromatic heterocycles. The molecule has 1 heterocycles. The highest BCUT2D eigenvalue weighted by Gasteiger charge is 2.26. The van der Waals surface area contributed by atoms with Crippen LogP contribution in [0.15, 0.2) is 0 Å². The van der Waals surface area contributed by atoms with Gasteiger partial charge in [0.15, 0.2) is 10.9 Å². The summed E-state index contributed by atoms with van der Waals surface area (Å²) in [5.74, 6) is 0.213. The number of nitrogens with zero attached hydrogens (tertiary/aromatic N) is 2. The van der Waals surface area contributed by atoms with Crippen LogP contribution < -0.4 is 4.90 Å². The van der Waals surface area contributed by atoms with Gasteiger partial charge in [-0.05, 0) is 25.7 Å². The second-order valence-electron chi connectivity index (χ2n) is 5.20. The maximum absolute atomic E-state index is 11.9. The van der Waals surface area contributed by atoms with Crippen molar-refractivity contribution >= 4 is 22.3 Å². The largest absolute Gasteiger partial charge is 0.383 e. The van der Waals surface area contributed by atoms with Gasteiger partial charge < -0.3 is 9.64 Å². The van der Waals surface area contributed by atoms with Crippen LogP contribution in [-0.2, 0) is 11.2 Å². The van der Waals surface area contributed by atoms with Gasteiger partial charge in [0.2, 0.25) is 0 Å². The summed E-state index contributed by atoms with van der Waals surface area (Å²) >= 11 is 1.70. The fourth-order valence-electron chi connectivity index (χ4n) is 2.73. The highest BCUT2D eigenvalue weighted by atomic mass is 32.1. The van der Waals surface area contributed by atoms with Gasteiger partial charge in [-0.1, -0.05) is 13.8 Å². The molecular weight excluding hydrogens is 272 g/mol. The monoisotopic (exact) mass is 296 g/mol. The molecule has 0 unspecified atom stereocenters. The summed E-state index contributed by atoms with van der Waals surface area (Å²) in [4.78, 5) is 20.1. The molecule has 0 aliphatic heterocycles. The van der Waals surface area contributed by atoms with E-state index in [0.717, 1.165) is 43.1 Å². The molecule has 1 aromatic rings. The lowest BCUT2D eigenvalue weighted by atomic mass is 10.0. The lowest BCUT2D eigenvalue weighted by molar-refractivity contribution is 0.0968. The molecule has 20 heavy (non-hydrogen) atoms. The molecule has 2 rings (SSSR count). The Bertz CT molecular complexity index is 455. The smallest absolute Gasteiger partial charge is 0.186 e. The number of hydrogen-bond acceptors (Lipinski definition) is 5. The van der Waals surface area contributed by atoms with E-state index < -0.39 is 0 Å². The molecule has 1 aliphatic carbocycles. The minimum absolute atomic E-state index is 0.213. The van der Waals surface area contributed by atoms with E-state index in [1.807, 2.05) is 0 Å². The molecule has 0 N–H and O–H groups in total. The first-order chi connectivity index (χ1) is 9.71. The van der Waals surface area contributed by atoms with Crippen LogP contribution in [0.25, 0.3) is 0 Å². The molecule has 1 aliphatic rings. The fraction of sp³-hybridized carbons (Fsp3) is 0.733. The molecule has 0 bridgehead atoms. The number of carbonyl (C=O) groups excluding carboxylic acids is 1. The highest BCUT2D eigenvalue weighted by molar-refractivity contribution is 7.16. The van der Waals surface area contributed by atoms with Crippen molar-refractivity contribution in [1.29, 1.82) is 0 Å². The van der Waals surface area contributed by atoms with Crippen LogP contribution in [0.1, 0.15) is 54.9 Å². The Balaban J connectivity index is 2.26. The van der Waals surface area contributed by atoms with Gasteiger partial charge in [0, 0.05) is 31.0 Å². The van der Waals surface area contributed by atoms with Gasteiger partial charge in [0.05, 0.1) is 6.61 Å². The van der Waals surface area contributed by atoms with Crippen LogP contribution in [0.3, 0.4) is 0 Å². The number of hydrogen-bond donors (Lipinski definition) is 0. The quantitative estimate of drug-likeness (QED) is 0.774. The molecule has 0 atom stereocenters. The zero-order chi connectivity index (χ0) is 14.5. The van der Waals surface area contributed by atoms with E-state index in [1.54, 1.807) is 18.4 Å². The lowest BCUT2D eigenvalue weighted by Crippen LogP contribution is -2.37. The molecule has 0 spiro atoms. The summed E-state index contributed by atoms with van der Waals surface area (Å²) in [6.07, 6.45) is 4.78. The number of carbonyl (C=O) groups is 1. The number of thiazole rings is 1. The Morgan fingerprint density at radius 2 is 2.10 bits per heavy atom. The molecule has 0 radical (unpaired) electrons. The Labute approximate surface area is 125 Å². The van der Waals surface area contributed by atoms with Crippen molar-refractivity contribution in [3.05, 3.63) is 10.6 Å². The maximum atomic E-state index is 11.9. The Kier molecular flexibility index (Phi) is 5.54. The summed E-state index contributed by atoms with van der Waals surface area (Å²) in [7, 11) is 1.72. The summed E-state index contributed by atoms with van der Waals surface area (Å²) in [6.45, 7) is 5.93. The number of rotatable bonds is 7. The molecule has 0 fully saturated rings. The Morgan fingerprint density at radius 3 is 2.70 bits per heavy atom. The van der Waals surface area contributed by atoms with Crippen LogP contribution >= 0.6 is 11.3 Å². The first kappa shape index (κ1) is 15.4. The molecule has 0 saturated carbocycles. The van der Waals surface area contributed by atoms with Crippen molar-refractivity contribution in [3.8, 4) is 0 Å². The van der Waals surface area contributed by atoms with Gasteiger partial charge in [0.25, 0.3) is 0 Å². The SMILES string of the molecule is CCC(CC)N(CCOC)c1nc2c(s1)CCCC2=O. The number of aromatic nitrogens is 1. The van der Waals surface area contributed by atoms with Gasteiger partial charge in [-0.25, -0.2) is 4.98 Å². The van der Waals surface area contributed by atoms with E-state index in [0.29, 0.717) is 19.1 Å². The van der Waals surface area contributed by atoms with Gasteiger partial charge in [-0.15, -0.1) is 11.3 Å². The second-order valence-corrected chi connectivity index (χ2v) is 6.26. The number of methoxy groups -OCH3 is 1. The predicted octanol–water partition coefficient (Wildman–Crippen LogP) is 3.30. The fourth-order valence-corrected chi connectivity index (χ4v) is 3.95. The third-order valence-electron chi connectivity index (χ3n) is 3.92. The average molecular weight is 296 g/mol. The van der Waals surface area contributed by atoms with Crippen molar-refractivity contribution in [2.45, 2.75) is 52.0 Å². The summed E-state index contributed by atoms with van der Waals surface area (Å²) in [5.41, 5.74) is 0.727. The third-order valence-corrected chi connectivity index (χ3v) is 5.08. The predicted molar refractivity (Wildman–Crippen MR) is 83.0 cm³/mol. The summed E-state index contributed by atoms with van der Waals surface area (Å²) < 4.78 is 5.22. The number of aryl methyl sites for hydroxylation is 1. The van der Waals surface area contributed by atoms with Crippen molar-refractivity contribution in [2.75, 3.05) is 25.2 Å². The molecular formula is C15H24N2O2S. The number of ether oxygens (including phenoxy) is 1. The van der Waals surface area contributed by atoms with Crippen LogP contribution in [-0.4, -0.2) is 37.1 Å². The Hall–Kier alpha value is -0.940. The van der Waals surface area contributed by atoms with E-state index in [2.05, 4.69) is 23.7 Å². The molecule has 4 nitrogen and oxygen atoms in total. The molecule has 0 amide bonds. The van der Waals surface area contributed by atoms with E-state index in [9.17, 15) is 4.79 Å². The van der Waals surface area contributed by atoms with Gasteiger partial charge in [-0.2, -0.15) is 0 Å². The Morgan fingerprint density at radius 1 is 1.35 bits per heavy atom. The van der Waals surface area contributed by atoms with E-state index in [-0.39, 0.29) is 5.78 Å². The highest BCUT2D eigenvalue weighted by Crippen LogP contribution is 2.33. The molecule has 0 saturated heterocycles. The van der Waals surface area contributed by atoms with Crippen molar-refractivity contribution in [3.63, 3.8) is 0 Å². The molecule has 5 heteroatoms. The lowest BCUT2D eigenvalue weighted by Gasteiger charge is -2.29. The third kappa shape index (κ3) is 3.20. The van der Waals surface area contributed by atoms with E-state index >= 15 is 0 Å². The number of anilines is 1. The zero-order valence-electron chi connectivity index (χ0n) is 12.6. The number of Topliss-reactive ketones (excluding diaryl/α,β-unsaturated/α-hetero) is 1. The van der Waals surface area contributed by atoms with Gasteiger partial charge in [-0.3, -0.25) is 4.79 Å². The normalized spacial score (nSPS) is 14.7. The van der Waals surface area contributed by atoms with Crippen LogP contribution in [0.4, 0.5) is 5.13 Å². The van der Waals surface area contributed by atoms with Crippen LogP contribution in [0.5, 0.6) is 0 Å². The van der Waals surface area contributed by atoms with Gasteiger partial charge in [0.1, 0.15) is 5.69 Å². The van der Waals surface area contributed by atoms with Gasteiger partial charge >= 0.3 is 0 Å².